The molecule has 0 radical (unpaired) electrons. The maximum absolute atomic E-state index is 14.4. The number of hydrogen-bond donors (Lipinski definition) is 0. The molecule has 4 heterocycles. The fourth-order valence-electron chi connectivity index (χ4n) is 3.97. The van der Waals surface area contributed by atoms with Gasteiger partial charge in [0.15, 0.2) is 5.75 Å². The Labute approximate surface area is 191 Å². The van der Waals surface area contributed by atoms with Crippen molar-refractivity contribution in [1.29, 1.82) is 0 Å². The normalized spacial score (nSPS) is 22.4. The molecular formula is C21H21F4N3O6. The molecule has 0 bridgehead atoms. The fourth-order valence-corrected chi connectivity index (χ4v) is 3.97. The van der Waals surface area contributed by atoms with E-state index in [2.05, 4.69) is 14.7 Å². The summed E-state index contributed by atoms with van der Waals surface area (Å²) < 4.78 is 76.1. The Bertz CT molecular complexity index is 1040. The van der Waals surface area contributed by atoms with Crippen LogP contribution in [0.15, 0.2) is 30.5 Å². The van der Waals surface area contributed by atoms with Crippen LogP contribution in [0.1, 0.15) is 22.6 Å². The summed E-state index contributed by atoms with van der Waals surface area (Å²) >= 11 is 0. The number of carbonyl (C=O) groups is 1. The first-order chi connectivity index (χ1) is 16.2. The summed E-state index contributed by atoms with van der Waals surface area (Å²) in [6.07, 6.45) is -3.66. The molecule has 4 rings (SSSR count). The zero-order chi connectivity index (χ0) is 24.3. The Hall–Kier alpha value is -3.03. The lowest BCUT2D eigenvalue weighted by atomic mass is 9.84. The Morgan fingerprint density at radius 2 is 2.12 bits per heavy atom. The van der Waals surface area contributed by atoms with Crippen LogP contribution in [0.3, 0.4) is 0 Å². The second-order valence-corrected chi connectivity index (χ2v) is 7.49. The lowest BCUT2D eigenvalue weighted by molar-refractivity contribution is -0.325. The molecule has 0 saturated carbocycles. The molecule has 2 unspecified atom stereocenters. The van der Waals surface area contributed by atoms with Crippen molar-refractivity contribution in [3.8, 4) is 11.6 Å². The van der Waals surface area contributed by atoms with Crippen LogP contribution in [-0.4, -0.2) is 73.4 Å². The number of likely N-dealkylation sites (tertiary alicyclic amines) is 1. The predicted octanol–water partition coefficient (Wildman–Crippen LogP) is 2.65. The van der Waals surface area contributed by atoms with E-state index < -0.39 is 43.0 Å². The van der Waals surface area contributed by atoms with Gasteiger partial charge in [0, 0.05) is 19.2 Å². The van der Waals surface area contributed by atoms with Crippen LogP contribution >= 0.6 is 0 Å². The highest BCUT2D eigenvalue weighted by Crippen LogP contribution is 2.42. The number of carbonyl (C=O) groups excluding carboxylic acids is 1. The third kappa shape index (κ3) is 4.91. The third-order valence-corrected chi connectivity index (χ3v) is 5.54. The first-order valence-electron chi connectivity index (χ1n) is 10.3. The Morgan fingerprint density at radius 3 is 2.85 bits per heavy atom. The van der Waals surface area contributed by atoms with Crippen molar-refractivity contribution < 1.29 is 46.0 Å². The number of ether oxygens (including phenoxy) is 5. The lowest BCUT2D eigenvalue weighted by Gasteiger charge is -2.41. The highest BCUT2D eigenvalue weighted by Gasteiger charge is 2.53. The summed E-state index contributed by atoms with van der Waals surface area (Å²) in [5, 5.41) is 0. The number of fused-ring (bicyclic) bond motifs is 1. The molecule has 2 saturated heterocycles. The number of piperidine rings is 1. The molecule has 0 aromatic carbocycles. The average molecular weight is 487 g/mol. The zero-order valence-corrected chi connectivity index (χ0v) is 18.0. The third-order valence-electron chi connectivity index (χ3n) is 5.54. The molecule has 2 aromatic heterocycles. The highest BCUT2D eigenvalue weighted by atomic mass is 19.4. The second kappa shape index (κ2) is 9.68. The first-order valence-corrected chi connectivity index (χ1v) is 10.3. The zero-order valence-electron chi connectivity index (χ0n) is 18.0. The smallest absolute Gasteiger partial charge is 0.486 e. The molecule has 2 aliphatic heterocycles. The molecule has 2 fully saturated rings. The number of methoxy groups -OCH3 is 1. The number of rotatable bonds is 7. The minimum atomic E-state index is -4.76. The van der Waals surface area contributed by atoms with Crippen molar-refractivity contribution in [2.24, 2.45) is 0 Å². The average Bonchev–Trinajstić information content (AvgIpc) is 3.25. The quantitative estimate of drug-likeness (QED) is 0.435. The lowest BCUT2D eigenvalue weighted by Crippen LogP contribution is -2.54. The molecule has 184 valence electrons. The minimum Gasteiger partial charge on any atom is -0.486 e. The summed E-state index contributed by atoms with van der Waals surface area (Å²) in [6.45, 7) is -0.832. The number of alkyl halides is 3. The van der Waals surface area contributed by atoms with Gasteiger partial charge in [-0.3, -0.25) is 14.5 Å². The van der Waals surface area contributed by atoms with Gasteiger partial charge in [-0.1, -0.05) is 0 Å². The summed E-state index contributed by atoms with van der Waals surface area (Å²) in [4.78, 5) is 22.8. The highest BCUT2D eigenvalue weighted by molar-refractivity contribution is 5.92. The van der Waals surface area contributed by atoms with Crippen LogP contribution in [-0.2, 0) is 19.8 Å². The van der Waals surface area contributed by atoms with E-state index >= 15 is 0 Å². The van der Waals surface area contributed by atoms with Crippen LogP contribution in [0.4, 0.5) is 17.6 Å². The number of pyridine rings is 2. The van der Waals surface area contributed by atoms with Crippen LogP contribution in [0, 0.1) is 5.82 Å². The number of halogens is 4. The van der Waals surface area contributed by atoms with Crippen molar-refractivity contribution in [3.63, 3.8) is 0 Å². The van der Waals surface area contributed by atoms with Gasteiger partial charge in [0.05, 0.1) is 20.3 Å². The monoisotopic (exact) mass is 487 g/mol. The molecule has 0 aliphatic carbocycles. The van der Waals surface area contributed by atoms with E-state index in [-0.39, 0.29) is 49.3 Å². The number of nitrogens with zero attached hydrogens (tertiary/aromatic N) is 3. The summed E-state index contributed by atoms with van der Waals surface area (Å²) in [6, 6.07) is 5.52. The van der Waals surface area contributed by atoms with Gasteiger partial charge >= 0.3 is 6.36 Å². The Morgan fingerprint density at radius 1 is 1.29 bits per heavy atom. The van der Waals surface area contributed by atoms with E-state index in [9.17, 15) is 22.4 Å². The molecule has 9 nitrogen and oxygen atoms in total. The molecule has 34 heavy (non-hydrogen) atoms. The van der Waals surface area contributed by atoms with Gasteiger partial charge in [-0.05, 0) is 24.3 Å². The maximum Gasteiger partial charge on any atom is 0.522 e. The largest absolute Gasteiger partial charge is 0.522 e. The van der Waals surface area contributed by atoms with E-state index in [4.69, 9.17) is 18.9 Å². The predicted molar refractivity (Wildman–Crippen MR) is 106 cm³/mol. The molecule has 13 heteroatoms. The number of amides is 1. The first kappa shape index (κ1) is 24.1. The van der Waals surface area contributed by atoms with Crippen molar-refractivity contribution in [3.05, 3.63) is 47.7 Å². The summed E-state index contributed by atoms with van der Waals surface area (Å²) in [7, 11) is 1.29. The van der Waals surface area contributed by atoms with Crippen LogP contribution in [0.25, 0.3) is 0 Å². The van der Waals surface area contributed by atoms with Crippen molar-refractivity contribution >= 4 is 5.91 Å². The van der Waals surface area contributed by atoms with E-state index in [0.29, 0.717) is 0 Å². The van der Waals surface area contributed by atoms with Gasteiger partial charge in [0.1, 0.15) is 42.3 Å². The molecule has 0 spiro atoms. The molecular weight excluding hydrogens is 466 g/mol. The van der Waals surface area contributed by atoms with Gasteiger partial charge in [-0.25, -0.2) is 9.37 Å². The van der Waals surface area contributed by atoms with Crippen LogP contribution < -0.4 is 9.47 Å². The van der Waals surface area contributed by atoms with E-state index in [0.717, 1.165) is 0 Å². The van der Waals surface area contributed by atoms with Crippen molar-refractivity contribution in [2.75, 3.05) is 40.2 Å². The van der Waals surface area contributed by atoms with E-state index in [1.807, 2.05) is 0 Å². The SMILES string of the molecule is COc1nc(C(=O)N2CCC3(c4ncccc4F)OCOC3C2)ccc1OCCOC(F)(F)F. The molecule has 1 amide bonds. The topological polar surface area (TPSA) is 92.2 Å². The number of aromatic nitrogens is 2. The summed E-state index contributed by atoms with van der Waals surface area (Å²) in [5.41, 5.74) is -0.921. The molecule has 2 aromatic rings. The Kier molecular flexibility index (Phi) is 6.86. The van der Waals surface area contributed by atoms with Gasteiger partial charge in [0.25, 0.3) is 11.8 Å². The molecule has 2 atom stereocenters. The maximum atomic E-state index is 14.4. The van der Waals surface area contributed by atoms with Crippen molar-refractivity contribution in [1.82, 2.24) is 14.9 Å². The van der Waals surface area contributed by atoms with Gasteiger partial charge in [-0.15, -0.1) is 13.2 Å². The molecule has 2 aliphatic rings. The minimum absolute atomic E-state index is 0.0335. The standard InChI is InChI=1S/C21H21F4N3O6/c1-30-18-15(31-9-10-33-21(23,24)25)5-4-14(27-18)19(29)28-8-6-20(16(11-28)32-12-34-20)17-13(22)3-2-7-26-17/h2-5,7,16H,6,8-12H2,1H3. The number of hydrogen-bond acceptors (Lipinski definition) is 8. The summed E-state index contributed by atoms with van der Waals surface area (Å²) in [5.74, 6) is -0.961. The van der Waals surface area contributed by atoms with Gasteiger partial charge in [-0.2, -0.15) is 0 Å². The van der Waals surface area contributed by atoms with E-state index in [1.165, 1.54) is 42.5 Å². The fraction of sp³-hybridized carbons (Fsp3) is 0.476. The second-order valence-electron chi connectivity index (χ2n) is 7.49. The molecule has 0 N–H and O–H groups in total. The van der Waals surface area contributed by atoms with Crippen molar-refractivity contribution in [2.45, 2.75) is 24.5 Å². The van der Waals surface area contributed by atoms with Crippen LogP contribution in [0.2, 0.25) is 0 Å². The Balaban J connectivity index is 1.44. The van der Waals surface area contributed by atoms with E-state index in [1.54, 1.807) is 0 Å². The van der Waals surface area contributed by atoms with Crippen LogP contribution in [0.5, 0.6) is 11.6 Å². The van der Waals surface area contributed by atoms with Gasteiger partial charge < -0.3 is 23.8 Å². The van der Waals surface area contributed by atoms with Gasteiger partial charge in [0.2, 0.25) is 0 Å².